The van der Waals surface area contributed by atoms with Gasteiger partial charge in [0.05, 0.1) is 16.5 Å². The highest BCUT2D eigenvalue weighted by Gasteiger charge is 2.29. The zero-order valence-corrected chi connectivity index (χ0v) is 18.1. The molecule has 5 nitrogen and oxygen atoms in total. The molecule has 3 aromatic rings. The van der Waals surface area contributed by atoms with E-state index in [-0.39, 0.29) is 11.6 Å². The number of nitrogens with one attached hydrogen (secondary N) is 2. The Bertz CT molecular complexity index is 1250. The first kappa shape index (κ1) is 18.8. The van der Waals surface area contributed by atoms with Crippen LogP contribution >= 0.6 is 35.2 Å². The quantitative estimate of drug-likeness (QED) is 0.429. The number of halogens is 1. The van der Waals surface area contributed by atoms with Gasteiger partial charge in [-0.1, -0.05) is 47.3 Å². The highest BCUT2D eigenvalue weighted by Crippen LogP contribution is 2.43. The molecule has 8 heteroatoms. The molecule has 1 atom stereocenters. The molecule has 2 heterocycles. The summed E-state index contributed by atoms with van der Waals surface area (Å²) >= 11 is 13.5. The van der Waals surface area contributed by atoms with Crippen LogP contribution in [0.25, 0.3) is 12.2 Å². The SMILES string of the molecule is Cn1cc(C2c3ccc(Cl)cc3C=Cc3sc(NC4CCC4)nc32)c(=S)[nH]c1=O. The molecule has 2 aromatic heterocycles. The summed E-state index contributed by atoms with van der Waals surface area (Å²) in [5, 5.41) is 5.18. The van der Waals surface area contributed by atoms with Crippen LogP contribution in [0.15, 0.2) is 29.2 Å². The van der Waals surface area contributed by atoms with Crippen LogP contribution < -0.4 is 11.0 Å². The third-order valence-corrected chi connectivity index (χ3v) is 7.15. The van der Waals surface area contributed by atoms with Gasteiger partial charge in [-0.25, -0.2) is 9.78 Å². The fraction of sp³-hybridized carbons (Fsp3) is 0.286. The van der Waals surface area contributed by atoms with E-state index in [1.54, 1.807) is 18.4 Å². The summed E-state index contributed by atoms with van der Waals surface area (Å²) in [4.78, 5) is 20.9. The van der Waals surface area contributed by atoms with Gasteiger partial charge >= 0.3 is 5.69 Å². The average molecular weight is 443 g/mol. The van der Waals surface area contributed by atoms with Crippen molar-refractivity contribution in [2.75, 3.05) is 5.32 Å². The van der Waals surface area contributed by atoms with Crippen LogP contribution in [0.2, 0.25) is 5.02 Å². The number of anilines is 1. The Morgan fingerprint density at radius 2 is 2.14 bits per heavy atom. The molecule has 0 bridgehead atoms. The second-order valence-electron chi connectivity index (χ2n) is 7.53. The number of hydrogen-bond acceptors (Lipinski definition) is 5. The van der Waals surface area contributed by atoms with Gasteiger partial charge in [0.15, 0.2) is 5.13 Å². The third kappa shape index (κ3) is 3.37. The number of thiazole rings is 1. The first-order chi connectivity index (χ1) is 14.0. The zero-order chi connectivity index (χ0) is 20.1. The van der Waals surface area contributed by atoms with E-state index in [0.29, 0.717) is 15.7 Å². The minimum atomic E-state index is -0.229. The lowest BCUT2D eigenvalue weighted by atomic mass is 9.88. The number of aryl methyl sites for hydroxylation is 1. The first-order valence-corrected chi connectivity index (χ1v) is 11.1. The van der Waals surface area contributed by atoms with Crippen LogP contribution in [0.3, 0.4) is 0 Å². The molecule has 0 saturated heterocycles. The Hall–Kier alpha value is -2.22. The normalized spacial score (nSPS) is 17.9. The molecule has 0 spiro atoms. The summed E-state index contributed by atoms with van der Waals surface area (Å²) in [6, 6.07) is 6.39. The van der Waals surface area contributed by atoms with Gasteiger partial charge in [-0.2, -0.15) is 0 Å². The molecule has 2 aliphatic carbocycles. The predicted molar refractivity (Wildman–Crippen MR) is 122 cm³/mol. The van der Waals surface area contributed by atoms with Crippen LogP contribution in [-0.2, 0) is 7.05 Å². The lowest BCUT2D eigenvalue weighted by Crippen LogP contribution is -2.26. The van der Waals surface area contributed by atoms with E-state index in [1.165, 1.54) is 23.8 Å². The molecule has 148 valence electrons. The van der Waals surface area contributed by atoms with E-state index in [1.807, 2.05) is 24.4 Å². The lowest BCUT2D eigenvalue weighted by molar-refractivity contribution is 0.445. The van der Waals surface area contributed by atoms with Gasteiger partial charge in [-0.05, 0) is 48.6 Å². The van der Waals surface area contributed by atoms with Crippen LogP contribution in [0.1, 0.15) is 52.4 Å². The van der Waals surface area contributed by atoms with E-state index in [2.05, 4.69) is 22.5 Å². The first-order valence-electron chi connectivity index (χ1n) is 9.54. The van der Waals surface area contributed by atoms with Gasteiger partial charge in [0, 0.05) is 29.9 Å². The standard InChI is InChI=1S/C21H19ClN4OS2/c1-26-10-15(19(28)25-21(26)27)17-14-7-6-12(22)9-11(14)5-8-16-18(17)24-20(29-16)23-13-3-2-4-13/h5-10,13,17H,2-4H2,1H3,(H,23,24)(H,25,27,28). The number of benzene rings is 1. The van der Waals surface area contributed by atoms with Gasteiger partial charge < -0.3 is 9.88 Å². The summed E-state index contributed by atoms with van der Waals surface area (Å²) in [5.74, 6) is -0.184. The third-order valence-electron chi connectivity index (χ3n) is 5.61. The van der Waals surface area contributed by atoms with E-state index < -0.39 is 0 Å². The molecule has 0 amide bonds. The highest BCUT2D eigenvalue weighted by atomic mass is 35.5. The summed E-state index contributed by atoms with van der Waals surface area (Å²) in [5.41, 5.74) is 3.68. The molecule has 5 rings (SSSR count). The molecule has 0 radical (unpaired) electrons. The van der Waals surface area contributed by atoms with Gasteiger partial charge in [-0.3, -0.25) is 4.98 Å². The number of rotatable bonds is 3. The Kier molecular flexibility index (Phi) is 4.69. The van der Waals surface area contributed by atoms with Crippen molar-refractivity contribution in [3.8, 4) is 0 Å². The summed E-state index contributed by atoms with van der Waals surface area (Å²) in [6.45, 7) is 0. The predicted octanol–water partition coefficient (Wildman–Crippen LogP) is 5.18. The monoisotopic (exact) mass is 442 g/mol. The number of aromatic amines is 1. The summed E-state index contributed by atoms with van der Waals surface area (Å²) < 4.78 is 1.96. The molecular weight excluding hydrogens is 424 g/mol. The van der Waals surface area contributed by atoms with Gasteiger partial charge in [0.25, 0.3) is 0 Å². The zero-order valence-electron chi connectivity index (χ0n) is 15.7. The van der Waals surface area contributed by atoms with Crippen molar-refractivity contribution in [2.45, 2.75) is 31.2 Å². The van der Waals surface area contributed by atoms with Crippen molar-refractivity contribution in [1.29, 1.82) is 0 Å². The fourth-order valence-electron chi connectivity index (χ4n) is 3.83. The number of nitrogens with zero attached hydrogens (tertiary/aromatic N) is 2. The Labute approximate surface area is 182 Å². The van der Waals surface area contributed by atoms with Crippen molar-refractivity contribution < 1.29 is 0 Å². The topological polar surface area (TPSA) is 62.7 Å². The second kappa shape index (κ2) is 7.23. The second-order valence-corrected chi connectivity index (χ2v) is 9.41. The Balaban J connectivity index is 1.71. The summed E-state index contributed by atoms with van der Waals surface area (Å²) in [7, 11) is 1.72. The number of H-pyrrole nitrogens is 1. The van der Waals surface area contributed by atoms with E-state index in [4.69, 9.17) is 28.8 Å². The summed E-state index contributed by atoms with van der Waals surface area (Å²) in [6.07, 6.45) is 9.65. The number of hydrogen-bond donors (Lipinski definition) is 2. The Morgan fingerprint density at radius 1 is 1.31 bits per heavy atom. The van der Waals surface area contributed by atoms with Gasteiger partial charge in [0.1, 0.15) is 4.64 Å². The molecule has 0 aliphatic heterocycles. The van der Waals surface area contributed by atoms with Crippen LogP contribution in [0.5, 0.6) is 0 Å². The molecule has 29 heavy (non-hydrogen) atoms. The van der Waals surface area contributed by atoms with E-state index >= 15 is 0 Å². The largest absolute Gasteiger partial charge is 0.359 e. The maximum absolute atomic E-state index is 12.0. The van der Waals surface area contributed by atoms with Crippen molar-refractivity contribution >= 4 is 52.4 Å². The van der Waals surface area contributed by atoms with Crippen LogP contribution in [0.4, 0.5) is 5.13 Å². The molecule has 2 aliphatic rings. The van der Waals surface area contributed by atoms with Gasteiger partial charge in [-0.15, -0.1) is 0 Å². The Morgan fingerprint density at radius 3 is 2.90 bits per heavy atom. The van der Waals surface area contributed by atoms with Crippen molar-refractivity contribution in [3.63, 3.8) is 0 Å². The van der Waals surface area contributed by atoms with Crippen molar-refractivity contribution in [1.82, 2.24) is 14.5 Å². The van der Waals surface area contributed by atoms with Crippen molar-refractivity contribution in [3.05, 3.63) is 71.8 Å². The van der Waals surface area contributed by atoms with E-state index in [0.717, 1.165) is 32.4 Å². The fourth-order valence-corrected chi connectivity index (χ4v) is 5.25. The van der Waals surface area contributed by atoms with Crippen LogP contribution in [0, 0.1) is 4.64 Å². The molecule has 1 aromatic carbocycles. The van der Waals surface area contributed by atoms with Crippen molar-refractivity contribution in [2.24, 2.45) is 7.05 Å². The molecular formula is C21H19ClN4OS2. The number of aromatic nitrogens is 3. The maximum atomic E-state index is 12.0. The lowest BCUT2D eigenvalue weighted by Gasteiger charge is -2.26. The maximum Gasteiger partial charge on any atom is 0.326 e. The minimum Gasteiger partial charge on any atom is -0.359 e. The van der Waals surface area contributed by atoms with Crippen LogP contribution in [-0.4, -0.2) is 20.6 Å². The molecule has 2 N–H and O–H groups in total. The number of fused-ring (bicyclic) bond motifs is 2. The van der Waals surface area contributed by atoms with E-state index in [9.17, 15) is 4.79 Å². The minimum absolute atomic E-state index is 0.184. The van der Waals surface area contributed by atoms with Gasteiger partial charge in [0.2, 0.25) is 0 Å². The average Bonchev–Trinajstić information content (AvgIpc) is 2.98. The molecule has 1 unspecified atom stereocenters. The molecule has 1 saturated carbocycles. The smallest absolute Gasteiger partial charge is 0.326 e. The highest BCUT2D eigenvalue weighted by molar-refractivity contribution is 7.71. The molecule has 1 fully saturated rings.